The Labute approximate surface area is 117 Å². The highest BCUT2D eigenvalue weighted by Crippen LogP contribution is 2.28. The van der Waals surface area contributed by atoms with Gasteiger partial charge in [-0.25, -0.2) is 4.39 Å². The van der Waals surface area contributed by atoms with E-state index < -0.39 is 0 Å². The molecule has 2 aromatic carbocycles. The highest BCUT2D eigenvalue weighted by atomic mass is 35.5. The third kappa shape index (κ3) is 2.59. The minimum atomic E-state index is -0.202. The van der Waals surface area contributed by atoms with Gasteiger partial charge in [-0.15, -0.1) is 0 Å². The second-order valence-corrected chi connectivity index (χ2v) is 5.56. The van der Waals surface area contributed by atoms with Gasteiger partial charge >= 0.3 is 0 Å². The zero-order valence-corrected chi connectivity index (χ0v) is 11.5. The Kier molecular flexibility index (Phi) is 3.19. The van der Waals surface area contributed by atoms with Gasteiger partial charge in [-0.3, -0.25) is 0 Å². The van der Waals surface area contributed by atoms with E-state index in [2.05, 4.69) is 11.4 Å². The third-order valence-electron chi connectivity index (χ3n) is 3.66. The molecule has 1 nitrogen and oxygen atoms in total. The first-order valence-electron chi connectivity index (χ1n) is 6.42. The predicted octanol–water partition coefficient (Wildman–Crippen LogP) is 4.37. The molecule has 1 unspecified atom stereocenters. The smallest absolute Gasteiger partial charge is 0.125 e. The van der Waals surface area contributed by atoms with Crippen molar-refractivity contribution in [3.8, 4) is 0 Å². The van der Waals surface area contributed by atoms with Crippen molar-refractivity contribution < 1.29 is 4.39 Å². The van der Waals surface area contributed by atoms with E-state index in [4.69, 9.17) is 11.6 Å². The molecule has 2 aromatic rings. The average molecular weight is 276 g/mol. The van der Waals surface area contributed by atoms with E-state index in [0.29, 0.717) is 6.04 Å². The van der Waals surface area contributed by atoms with Gasteiger partial charge in [0, 0.05) is 16.8 Å². The minimum Gasteiger partial charge on any atom is -0.381 e. The van der Waals surface area contributed by atoms with Crippen molar-refractivity contribution in [1.29, 1.82) is 0 Å². The second-order valence-electron chi connectivity index (χ2n) is 5.12. The van der Waals surface area contributed by atoms with Crippen molar-refractivity contribution in [1.82, 2.24) is 0 Å². The molecule has 0 radical (unpaired) electrons. The Morgan fingerprint density at radius 1 is 1.11 bits per heavy atom. The molecule has 0 spiro atoms. The lowest BCUT2D eigenvalue weighted by atomic mass is 10.1. The molecule has 1 aliphatic rings. The molecule has 1 atom stereocenters. The van der Waals surface area contributed by atoms with Gasteiger partial charge in [-0.1, -0.05) is 23.7 Å². The van der Waals surface area contributed by atoms with Crippen molar-refractivity contribution in [3.05, 3.63) is 63.9 Å². The lowest BCUT2D eigenvalue weighted by molar-refractivity contribution is 0.627. The van der Waals surface area contributed by atoms with Gasteiger partial charge in [0.25, 0.3) is 0 Å². The molecule has 3 rings (SSSR count). The Morgan fingerprint density at radius 3 is 2.74 bits per heavy atom. The van der Waals surface area contributed by atoms with E-state index in [1.54, 1.807) is 12.1 Å². The number of hydrogen-bond donors (Lipinski definition) is 1. The van der Waals surface area contributed by atoms with Crippen LogP contribution in [0.1, 0.15) is 16.7 Å². The lowest BCUT2D eigenvalue weighted by Crippen LogP contribution is -2.20. The fourth-order valence-corrected chi connectivity index (χ4v) is 2.85. The number of hydrogen-bond acceptors (Lipinski definition) is 1. The Hall–Kier alpha value is -1.54. The number of nitrogens with one attached hydrogen (secondary N) is 1. The van der Waals surface area contributed by atoms with E-state index >= 15 is 0 Å². The van der Waals surface area contributed by atoms with Crippen LogP contribution in [0, 0.1) is 12.7 Å². The summed E-state index contributed by atoms with van der Waals surface area (Å²) < 4.78 is 13.3. The zero-order valence-electron chi connectivity index (χ0n) is 10.7. The van der Waals surface area contributed by atoms with E-state index in [1.807, 2.05) is 19.1 Å². The van der Waals surface area contributed by atoms with Crippen molar-refractivity contribution >= 4 is 17.3 Å². The topological polar surface area (TPSA) is 12.0 Å². The number of halogens is 2. The summed E-state index contributed by atoms with van der Waals surface area (Å²) in [4.78, 5) is 0. The second kappa shape index (κ2) is 4.86. The number of rotatable bonds is 2. The van der Waals surface area contributed by atoms with E-state index in [1.165, 1.54) is 17.2 Å². The summed E-state index contributed by atoms with van der Waals surface area (Å²) in [5, 5.41) is 4.21. The quantitative estimate of drug-likeness (QED) is 0.858. The maximum Gasteiger partial charge on any atom is 0.125 e. The number of fused-ring (bicyclic) bond motifs is 1. The third-order valence-corrected chi connectivity index (χ3v) is 3.90. The van der Waals surface area contributed by atoms with Gasteiger partial charge in [0.2, 0.25) is 0 Å². The van der Waals surface area contributed by atoms with Gasteiger partial charge in [0.15, 0.2) is 0 Å². The number of anilines is 1. The van der Waals surface area contributed by atoms with Gasteiger partial charge < -0.3 is 5.32 Å². The van der Waals surface area contributed by atoms with Crippen molar-refractivity contribution in [2.24, 2.45) is 0 Å². The van der Waals surface area contributed by atoms with E-state index in [9.17, 15) is 4.39 Å². The van der Waals surface area contributed by atoms with Crippen LogP contribution in [0.25, 0.3) is 0 Å². The fourth-order valence-electron chi connectivity index (χ4n) is 2.66. The SMILES string of the molecule is Cc1ccc(F)cc1NC1Cc2ccc(Cl)cc2C1. The van der Waals surface area contributed by atoms with Crippen LogP contribution in [0.5, 0.6) is 0 Å². The molecule has 0 heterocycles. The summed E-state index contributed by atoms with van der Waals surface area (Å²) in [5.41, 5.74) is 4.56. The monoisotopic (exact) mass is 275 g/mol. The summed E-state index contributed by atoms with van der Waals surface area (Å²) in [5.74, 6) is -0.202. The molecule has 0 aliphatic heterocycles. The van der Waals surface area contributed by atoms with Crippen LogP contribution in [0.2, 0.25) is 5.02 Å². The molecular weight excluding hydrogens is 261 g/mol. The average Bonchev–Trinajstić information content (AvgIpc) is 2.75. The van der Waals surface area contributed by atoms with Crippen LogP contribution < -0.4 is 5.32 Å². The summed E-state index contributed by atoms with van der Waals surface area (Å²) in [6.45, 7) is 1.99. The van der Waals surface area contributed by atoms with Crippen molar-refractivity contribution in [3.63, 3.8) is 0 Å². The summed E-state index contributed by atoms with van der Waals surface area (Å²) >= 11 is 6.01. The molecule has 0 aromatic heterocycles. The summed E-state index contributed by atoms with van der Waals surface area (Å²) in [6.07, 6.45) is 1.90. The Morgan fingerprint density at radius 2 is 1.89 bits per heavy atom. The van der Waals surface area contributed by atoms with Crippen molar-refractivity contribution in [2.45, 2.75) is 25.8 Å². The normalized spacial score (nSPS) is 17.3. The van der Waals surface area contributed by atoms with Crippen LogP contribution in [-0.4, -0.2) is 6.04 Å². The highest BCUT2D eigenvalue weighted by molar-refractivity contribution is 6.30. The summed E-state index contributed by atoms with van der Waals surface area (Å²) in [6, 6.07) is 11.2. The minimum absolute atomic E-state index is 0.202. The van der Waals surface area contributed by atoms with Gasteiger partial charge in [-0.05, 0) is 60.7 Å². The predicted molar refractivity (Wildman–Crippen MR) is 77.4 cm³/mol. The molecular formula is C16H15ClFN. The molecule has 1 aliphatic carbocycles. The molecule has 0 saturated carbocycles. The first-order chi connectivity index (χ1) is 9.11. The van der Waals surface area contributed by atoms with Gasteiger partial charge in [0.1, 0.15) is 5.82 Å². The number of aryl methyl sites for hydroxylation is 1. The first-order valence-corrected chi connectivity index (χ1v) is 6.79. The highest BCUT2D eigenvalue weighted by Gasteiger charge is 2.21. The molecule has 19 heavy (non-hydrogen) atoms. The van der Waals surface area contributed by atoms with E-state index in [0.717, 1.165) is 29.1 Å². The van der Waals surface area contributed by atoms with Gasteiger partial charge in [-0.2, -0.15) is 0 Å². The first kappa shape index (κ1) is 12.5. The summed E-state index contributed by atoms with van der Waals surface area (Å²) in [7, 11) is 0. The van der Waals surface area contributed by atoms with Crippen LogP contribution in [0.4, 0.5) is 10.1 Å². The standard InChI is InChI=1S/C16H15ClFN/c1-10-2-5-14(18)9-16(10)19-15-7-11-3-4-13(17)6-12(11)8-15/h2-6,9,15,19H,7-8H2,1H3. The number of benzene rings is 2. The maximum absolute atomic E-state index is 13.3. The van der Waals surface area contributed by atoms with Crippen LogP contribution in [0.3, 0.4) is 0 Å². The molecule has 3 heteroatoms. The largest absolute Gasteiger partial charge is 0.381 e. The zero-order chi connectivity index (χ0) is 13.4. The molecule has 0 saturated heterocycles. The molecule has 0 amide bonds. The van der Waals surface area contributed by atoms with Crippen LogP contribution in [-0.2, 0) is 12.8 Å². The molecule has 98 valence electrons. The van der Waals surface area contributed by atoms with Crippen LogP contribution >= 0.6 is 11.6 Å². The van der Waals surface area contributed by atoms with Gasteiger partial charge in [0.05, 0.1) is 0 Å². The Bertz CT molecular complexity index is 624. The molecule has 0 bridgehead atoms. The molecule has 0 fully saturated rings. The van der Waals surface area contributed by atoms with Crippen molar-refractivity contribution in [2.75, 3.05) is 5.32 Å². The maximum atomic E-state index is 13.3. The fraction of sp³-hybridized carbons (Fsp3) is 0.250. The lowest BCUT2D eigenvalue weighted by Gasteiger charge is -2.15. The molecule has 1 N–H and O–H groups in total. The van der Waals surface area contributed by atoms with E-state index in [-0.39, 0.29) is 5.82 Å². The van der Waals surface area contributed by atoms with Crippen LogP contribution in [0.15, 0.2) is 36.4 Å². The Balaban J connectivity index is 1.78.